The molecule has 1 amide bonds. The van der Waals surface area contributed by atoms with E-state index in [-0.39, 0.29) is 24.2 Å². The number of hydrogen-bond acceptors (Lipinski definition) is 7. The molecule has 5 rings (SSSR count). The van der Waals surface area contributed by atoms with E-state index in [0.717, 1.165) is 16.7 Å². The molecule has 1 atom stereocenters. The lowest BCUT2D eigenvalue weighted by Gasteiger charge is -2.15. The molecule has 2 N–H and O–H groups in total. The van der Waals surface area contributed by atoms with Crippen LogP contribution in [-0.4, -0.2) is 54.7 Å². The number of carbonyl (C=O) groups excluding carboxylic acids is 1. The smallest absolute Gasteiger partial charge is 0.272 e. The predicted molar refractivity (Wildman–Crippen MR) is 153 cm³/mol. The molecule has 0 saturated carbocycles. The minimum Gasteiger partial charge on any atom is -0.478 e. The number of H-pyrrole nitrogens is 1. The predicted octanol–water partition coefficient (Wildman–Crippen LogP) is 4.59. The van der Waals surface area contributed by atoms with E-state index in [2.05, 4.69) is 43.7 Å². The second-order valence-corrected chi connectivity index (χ2v) is 9.47. The molecule has 0 aliphatic heterocycles. The molecule has 0 saturated heterocycles. The third-order valence-corrected chi connectivity index (χ3v) is 6.80. The van der Waals surface area contributed by atoms with Crippen LogP contribution in [0.2, 0.25) is 0 Å². The minimum absolute atomic E-state index is 0.0857. The molecule has 0 radical (unpaired) electrons. The van der Waals surface area contributed by atoms with Crippen molar-refractivity contribution in [2.24, 2.45) is 0 Å². The van der Waals surface area contributed by atoms with Crippen LogP contribution in [0.15, 0.2) is 78.9 Å². The van der Waals surface area contributed by atoms with Crippen molar-refractivity contribution in [2.45, 2.75) is 25.9 Å². The van der Waals surface area contributed by atoms with Gasteiger partial charge in [-0.05, 0) is 46.5 Å². The lowest BCUT2D eigenvalue weighted by molar-refractivity contribution is 0.0935. The molecule has 2 aromatic heterocycles. The van der Waals surface area contributed by atoms with E-state index >= 15 is 4.39 Å². The molecule has 0 bridgehead atoms. The van der Waals surface area contributed by atoms with Crippen LogP contribution in [-0.2, 0) is 13.0 Å². The van der Waals surface area contributed by atoms with Crippen LogP contribution in [0.1, 0.15) is 28.5 Å². The van der Waals surface area contributed by atoms with Crippen molar-refractivity contribution >= 4 is 18.5 Å². The maximum absolute atomic E-state index is 15.4. The highest BCUT2D eigenvalue weighted by Crippen LogP contribution is 2.31. The van der Waals surface area contributed by atoms with Crippen molar-refractivity contribution in [3.05, 3.63) is 102 Å². The molecule has 204 valence electrons. The number of halogens is 1. The summed E-state index contributed by atoms with van der Waals surface area (Å²) in [7, 11) is 0. The number of benzene rings is 3. The number of rotatable bonds is 11. The zero-order valence-electron chi connectivity index (χ0n) is 21.8. The first-order chi connectivity index (χ1) is 19.6. The Hall–Kier alpha value is -4.51. The van der Waals surface area contributed by atoms with E-state index < -0.39 is 5.82 Å². The molecular weight excluding hydrogens is 529 g/mol. The molecule has 0 fully saturated rings. The maximum Gasteiger partial charge on any atom is 0.272 e. The fourth-order valence-electron chi connectivity index (χ4n) is 4.43. The van der Waals surface area contributed by atoms with Gasteiger partial charge in [-0.15, -0.1) is 5.10 Å². The van der Waals surface area contributed by atoms with Gasteiger partial charge in [0, 0.05) is 29.0 Å². The highest BCUT2D eigenvalue weighted by Gasteiger charge is 2.20. The van der Waals surface area contributed by atoms with Crippen molar-refractivity contribution in [1.29, 1.82) is 0 Å². The number of tetrazole rings is 1. The summed E-state index contributed by atoms with van der Waals surface area (Å²) >= 11 is 4.41. The molecule has 11 heteroatoms. The van der Waals surface area contributed by atoms with Gasteiger partial charge in [0.2, 0.25) is 5.88 Å². The average molecular weight is 558 g/mol. The van der Waals surface area contributed by atoms with Crippen LogP contribution >= 0.6 is 12.6 Å². The summed E-state index contributed by atoms with van der Waals surface area (Å²) < 4.78 is 22.6. The molecule has 40 heavy (non-hydrogen) atoms. The Balaban J connectivity index is 1.35. The lowest BCUT2D eigenvalue weighted by atomic mass is 9.98. The van der Waals surface area contributed by atoms with E-state index in [1.165, 1.54) is 10.7 Å². The van der Waals surface area contributed by atoms with E-state index in [1.807, 2.05) is 67.6 Å². The number of aromatic nitrogens is 6. The van der Waals surface area contributed by atoms with E-state index in [0.29, 0.717) is 41.6 Å². The molecule has 5 aromatic rings. The van der Waals surface area contributed by atoms with Gasteiger partial charge in [-0.1, -0.05) is 66.7 Å². The summed E-state index contributed by atoms with van der Waals surface area (Å²) in [6.07, 6.45) is 0.642. The summed E-state index contributed by atoms with van der Waals surface area (Å²) in [4.78, 5) is 13.1. The van der Waals surface area contributed by atoms with Gasteiger partial charge in [-0.3, -0.25) is 4.79 Å². The van der Waals surface area contributed by atoms with Crippen molar-refractivity contribution in [3.63, 3.8) is 0 Å². The Morgan fingerprint density at radius 1 is 1.07 bits per heavy atom. The molecule has 0 aliphatic carbocycles. The van der Waals surface area contributed by atoms with Crippen LogP contribution in [0, 0.1) is 5.82 Å². The van der Waals surface area contributed by atoms with Gasteiger partial charge in [0.15, 0.2) is 11.5 Å². The average Bonchev–Trinajstić information content (AvgIpc) is 3.65. The summed E-state index contributed by atoms with van der Waals surface area (Å²) in [5.74, 6) is 0.583. The normalized spacial score (nSPS) is 11.8. The van der Waals surface area contributed by atoms with Crippen LogP contribution < -0.4 is 10.1 Å². The molecule has 9 nitrogen and oxygen atoms in total. The second-order valence-electron chi connectivity index (χ2n) is 9.10. The highest BCUT2D eigenvalue weighted by atomic mass is 32.1. The Kier molecular flexibility index (Phi) is 8.50. The number of nitrogens with one attached hydrogen (secondary N) is 2. The lowest BCUT2D eigenvalue weighted by Crippen LogP contribution is -2.38. The van der Waals surface area contributed by atoms with E-state index in [4.69, 9.17) is 4.74 Å². The summed E-state index contributed by atoms with van der Waals surface area (Å²) in [5.41, 5.74) is 3.91. The van der Waals surface area contributed by atoms with Gasteiger partial charge in [-0.2, -0.15) is 17.7 Å². The van der Waals surface area contributed by atoms with Gasteiger partial charge >= 0.3 is 0 Å². The standard InChI is InChI=1S/C29H28FN7O2S/c1-2-39-27-16-26(29(38)31-22(18-40)14-19-8-4-3-5-9-19)34-37(27)17-21-13-12-20(15-25(21)30)23-10-6-7-11-24(23)28-32-35-36-33-28/h3-13,15-16,22,40H,2,14,17-18H2,1H3,(H,31,38)(H,32,33,35,36)/t22-/m1/s1. The van der Waals surface area contributed by atoms with Gasteiger partial charge in [-0.25, -0.2) is 14.2 Å². The first kappa shape index (κ1) is 27.1. The van der Waals surface area contributed by atoms with E-state index in [9.17, 15) is 4.79 Å². The SMILES string of the molecule is CCOc1cc(C(=O)N[C@@H](CS)Cc2ccccc2)nn1Cc1ccc(-c2ccccc2-c2nnn[nH]2)cc1F. The fourth-order valence-corrected chi connectivity index (χ4v) is 4.65. The summed E-state index contributed by atoms with van der Waals surface area (Å²) in [5, 5.41) is 21.5. The third kappa shape index (κ3) is 6.20. The Morgan fingerprint density at radius 2 is 1.85 bits per heavy atom. The Labute approximate surface area is 236 Å². The van der Waals surface area contributed by atoms with Crippen molar-refractivity contribution in [3.8, 4) is 28.4 Å². The van der Waals surface area contributed by atoms with Crippen LogP contribution in [0.4, 0.5) is 4.39 Å². The summed E-state index contributed by atoms with van der Waals surface area (Å²) in [6.45, 7) is 2.29. The number of nitrogens with zero attached hydrogens (tertiary/aromatic N) is 5. The van der Waals surface area contributed by atoms with Gasteiger partial charge < -0.3 is 10.1 Å². The molecule has 0 aliphatic rings. The fraction of sp³-hybridized carbons (Fsp3) is 0.207. The van der Waals surface area contributed by atoms with Gasteiger partial charge in [0.25, 0.3) is 5.91 Å². The topological polar surface area (TPSA) is 111 Å². The summed E-state index contributed by atoms with van der Waals surface area (Å²) in [6, 6.07) is 23.8. The zero-order chi connectivity index (χ0) is 27.9. The number of amides is 1. The minimum atomic E-state index is -0.412. The van der Waals surface area contributed by atoms with Crippen molar-refractivity contribution in [1.82, 2.24) is 35.7 Å². The molecule has 0 spiro atoms. The van der Waals surface area contributed by atoms with E-state index in [1.54, 1.807) is 12.1 Å². The monoisotopic (exact) mass is 557 g/mol. The van der Waals surface area contributed by atoms with Gasteiger partial charge in [0.1, 0.15) is 5.82 Å². The highest BCUT2D eigenvalue weighted by molar-refractivity contribution is 7.80. The first-order valence-corrected chi connectivity index (χ1v) is 13.5. The largest absolute Gasteiger partial charge is 0.478 e. The molecule has 0 unspecified atom stereocenters. The molecular formula is C29H28FN7O2S. The Morgan fingerprint density at radius 3 is 2.55 bits per heavy atom. The molecule has 3 aromatic carbocycles. The number of ether oxygens (including phenoxy) is 1. The molecule has 2 heterocycles. The Bertz CT molecular complexity index is 1570. The second kappa shape index (κ2) is 12.6. The number of carbonyl (C=O) groups is 1. The first-order valence-electron chi connectivity index (χ1n) is 12.8. The van der Waals surface area contributed by atoms with Crippen molar-refractivity contribution < 1.29 is 13.9 Å². The number of thiol groups is 1. The zero-order valence-corrected chi connectivity index (χ0v) is 22.7. The van der Waals surface area contributed by atoms with Crippen LogP contribution in [0.25, 0.3) is 22.5 Å². The number of aromatic amines is 1. The maximum atomic E-state index is 15.4. The number of hydrogen-bond donors (Lipinski definition) is 3. The third-order valence-electron chi connectivity index (χ3n) is 6.36. The quantitative estimate of drug-likeness (QED) is 0.205. The van der Waals surface area contributed by atoms with Crippen LogP contribution in [0.3, 0.4) is 0 Å². The van der Waals surface area contributed by atoms with Gasteiger partial charge in [0.05, 0.1) is 13.2 Å². The van der Waals surface area contributed by atoms with Crippen LogP contribution in [0.5, 0.6) is 5.88 Å². The van der Waals surface area contributed by atoms with Crippen molar-refractivity contribution in [2.75, 3.05) is 12.4 Å².